The zero-order valence-electron chi connectivity index (χ0n) is 15.3. The van der Waals surface area contributed by atoms with Crippen LogP contribution in [0.15, 0.2) is 36.4 Å². The van der Waals surface area contributed by atoms with Crippen molar-refractivity contribution >= 4 is 23.3 Å². The monoisotopic (exact) mass is 372 g/mol. The van der Waals surface area contributed by atoms with Crippen LogP contribution in [0.1, 0.15) is 16.7 Å². The Hall–Kier alpha value is -3.42. The van der Waals surface area contributed by atoms with Crippen molar-refractivity contribution in [1.29, 1.82) is 0 Å². The van der Waals surface area contributed by atoms with Gasteiger partial charge in [0.25, 0.3) is 11.6 Å². The summed E-state index contributed by atoms with van der Waals surface area (Å²) in [5.74, 6) is -0.473. The van der Waals surface area contributed by atoms with Crippen molar-refractivity contribution in [2.45, 2.75) is 20.3 Å². The van der Waals surface area contributed by atoms with E-state index in [1.807, 2.05) is 13.0 Å². The molecule has 0 aliphatic rings. The van der Waals surface area contributed by atoms with E-state index in [4.69, 9.17) is 9.47 Å². The molecule has 0 spiro atoms. The van der Waals surface area contributed by atoms with Gasteiger partial charge in [0.1, 0.15) is 5.75 Å². The summed E-state index contributed by atoms with van der Waals surface area (Å²) in [5, 5.41) is 13.4. The molecule has 0 saturated carbocycles. The molecular formula is C19H20N2O6. The van der Waals surface area contributed by atoms with Crippen LogP contribution >= 0.6 is 0 Å². The zero-order chi connectivity index (χ0) is 20.0. The van der Waals surface area contributed by atoms with Gasteiger partial charge in [-0.25, -0.2) is 0 Å². The smallest absolute Gasteiger partial charge is 0.310 e. The SMILES string of the molecule is COc1cc(CC(=O)OCC(=O)Nc2cccc([N+](=O)[O-])c2C)ccc1C. The summed E-state index contributed by atoms with van der Waals surface area (Å²) in [7, 11) is 1.55. The van der Waals surface area contributed by atoms with Crippen LogP contribution in [-0.2, 0) is 20.7 Å². The molecular weight excluding hydrogens is 352 g/mol. The van der Waals surface area contributed by atoms with E-state index in [1.165, 1.54) is 19.1 Å². The molecule has 2 aromatic rings. The quantitative estimate of drug-likeness (QED) is 0.455. The Balaban J connectivity index is 1.91. The Morgan fingerprint density at radius 2 is 1.93 bits per heavy atom. The number of aryl methyl sites for hydroxylation is 1. The molecule has 0 bridgehead atoms. The fraction of sp³-hybridized carbons (Fsp3) is 0.263. The van der Waals surface area contributed by atoms with Crippen molar-refractivity contribution in [2.24, 2.45) is 0 Å². The van der Waals surface area contributed by atoms with Gasteiger partial charge in [-0.3, -0.25) is 19.7 Å². The third kappa shape index (κ3) is 5.27. The maximum absolute atomic E-state index is 12.0. The summed E-state index contributed by atoms with van der Waals surface area (Å²) in [6.07, 6.45) is -0.000242. The first-order chi connectivity index (χ1) is 12.8. The largest absolute Gasteiger partial charge is 0.496 e. The molecule has 0 saturated heterocycles. The molecule has 8 heteroatoms. The molecule has 0 radical (unpaired) electrons. The molecule has 2 aromatic carbocycles. The Kier molecular flexibility index (Phi) is 6.48. The average molecular weight is 372 g/mol. The van der Waals surface area contributed by atoms with Gasteiger partial charge in [-0.1, -0.05) is 18.2 Å². The molecule has 142 valence electrons. The predicted octanol–water partition coefficient (Wildman–Crippen LogP) is 2.94. The topological polar surface area (TPSA) is 108 Å². The van der Waals surface area contributed by atoms with E-state index < -0.39 is 23.4 Å². The van der Waals surface area contributed by atoms with Crippen LogP contribution < -0.4 is 10.1 Å². The number of nitro groups is 1. The fourth-order valence-corrected chi connectivity index (χ4v) is 2.48. The number of hydrogen-bond donors (Lipinski definition) is 1. The van der Waals surface area contributed by atoms with Gasteiger partial charge >= 0.3 is 5.97 Å². The van der Waals surface area contributed by atoms with Crippen LogP contribution in [0.3, 0.4) is 0 Å². The first-order valence-electron chi connectivity index (χ1n) is 8.14. The van der Waals surface area contributed by atoms with E-state index in [2.05, 4.69) is 5.32 Å². The minimum atomic E-state index is -0.576. The second-order valence-electron chi connectivity index (χ2n) is 5.90. The number of benzene rings is 2. The molecule has 0 fully saturated rings. The highest BCUT2D eigenvalue weighted by Crippen LogP contribution is 2.25. The van der Waals surface area contributed by atoms with E-state index in [0.717, 1.165) is 5.56 Å². The van der Waals surface area contributed by atoms with Crippen molar-refractivity contribution in [3.8, 4) is 5.75 Å². The molecule has 1 amide bonds. The molecule has 0 aromatic heterocycles. The summed E-state index contributed by atoms with van der Waals surface area (Å²) < 4.78 is 10.2. The number of nitrogens with one attached hydrogen (secondary N) is 1. The lowest BCUT2D eigenvalue weighted by Gasteiger charge is -2.10. The highest BCUT2D eigenvalue weighted by atomic mass is 16.6. The third-order valence-electron chi connectivity index (χ3n) is 3.96. The summed E-state index contributed by atoms with van der Waals surface area (Å²) in [4.78, 5) is 34.3. The second kappa shape index (κ2) is 8.79. The van der Waals surface area contributed by atoms with Crippen molar-refractivity contribution < 1.29 is 24.0 Å². The van der Waals surface area contributed by atoms with E-state index in [9.17, 15) is 19.7 Å². The van der Waals surface area contributed by atoms with Gasteiger partial charge < -0.3 is 14.8 Å². The van der Waals surface area contributed by atoms with Gasteiger partial charge in [-0.2, -0.15) is 0 Å². The number of rotatable bonds is 7. The Morgan fingerprint density at radius 1 is 1.19 bits per heavy atom. The highest BCUT2D eigenvalue weighted by molar-refractivity contribution is 5.94. The number of hydrogen-bond acceptors (Lipinski definition) is 6. The summed E-state index contributed by atoms with van der Waals surface area (Å²) >= 11 is 0. The van der Waals surface area contributed by atoms with E-state index in [1.54, 1.807) is 25.3 Å². The lowest BCUT2D eigenvalue weighted by molar-refractivity contribution is -0.385. The molecule has 0 aliphatic carbocycles. The van der Waals surface area contributed by atoms with Crippen molar-refractivity contribution in [3.63, 3.8) is 0 Å². The molecule has 2 rings (SSSR count). The lowest BCUT2D eigenvalue weighted by atomic mass is 10.1. The number of methoxy groups -OCH3 is 1. The molecule has 1 N–H and O–H groups in total. The summed E-state index contributed by atoms with van der Waals surface area (Å²) in [5.41, 5.74) is 2.18. The molecule has 0 heterocycles. The van der Waals surface area contributed by atoms with E-state index >= 15 is 0 Å². The standard InChI is InChI=1S/C19H20N2O6/c1-12-7-8-14(9-17(12)26-3)10-19(23)27-11-18(22)20-15-5-4-6-16(13(15)2)21(24)25/h4-9H,10-11H2,1-3H3,(H,20,22). The predicted molar refractivity (Wildman–Crippen MR) is 98.9 cm³/mol. The van der Waals surface area contributed by atoms with Gasteiger partial charge in [0.2, 0.25) is 0 Å². The number of amides is 1. The Labute approximate surface area is 156 Å². The van der Waals surface area contributed by atoms with Gasteiger partial charge in [-0.05, 0) is 37.1 Å². The first kappa shape index (κ1) is 19.9. The zero-order valence-corrected chi connectivity index (χ0v) is 15.3. The summed E-state index contributed by atoms with van der Waals surface area (Å²) in [6, 6.07) is 9.72. The van der Waals surface area contributed by atoms with E-state index in [-0.39, 0.29) is 12.1 Å². The van der Waals surface area contributed by atoms with Crippen LogP contribution in [-0.4, -0.2) is 30.5 Å². The van der Waals surface area contributed by atoms with Crippen molar-refractivity contribution in [1.82, 2.24) is 0 Å². The van der Waals surface area contributed by atoms with Gasteiger partial charge in [0.15, 0.2) is 6.61 Å². The maximum Gasteiger partial charge on any atom is 0.310 e. The number of nitro benzene ring substituents is 1. The first-order valence-corrected chi connectivity index (χ1v) is 8.14. The van der Waals surface area contributed by atoms with Crippen LogP contribution in [0.5, 0.6) is 5.75 Å². The molecule has 8 nitrogen and oxygen atoms in total. The number of esters is 1. The fourth-order valence-electron chi connectivity index (χ4n) is 2.48. The Bertz CT molecular complexity index is 878. The van der Waals surface area contributed by atoms with Crippen LogP contribution in [0.25, 0.3) is 0 Å². The third-order valence-corrected chi connectivity index (χ3v) is 3.96. The molecule has 0 atom stereocenters. The average Bonchev–Trinajstić information content (AvgIpc) is 2.63. The maximum atomic E-state index is 12.0. The van der Waals surface area contributed by atoms with Crippen molar-refractivity contribution in [2.75, 3.05) is 19.0 Å². The Morgan fingerprint density at radius 3 is 2.59 bits per heavy atom. The highest BCUT2D eigenvalue weighted by Gasteiger charge is 2.16. The molecule has 0 unspecified atom stereocenters. The number of carbonyl (C=O) groups is 2. The number of nitrogens with zero attached hydrogens (tertiary/aromatic N) is 1. The van der Waals surface area contributed by atoms with Gasteiger partial charge in [-0.15, -0.1) is 0 Å². The second-order valence-corrected chi connectivity index (χ2v) is 5.90. The number of anilines is 1. The molecule has 0 aliphatic heterocycles. The van der Waals surface area contributed by atoms with Crippen LogP contribution in [0.2, 0.25) is 0 Å². The van der Waals surface area contributed by atoms with Crippen LogP contribution in [0, 0.1) is 24.0 Å². The summed E-state index contributed by atoms with van der Waals surface area (Å²) in [6.45, 7) is 2.94. The van der Waals surface area contributed by atoms with Gasteiger partial charge in [0.05, 0.1) is 29.7 Å². The van der Waals surface area contributed by atoms with Crippen LogP contribution in [0.4, 0.5) is 11.4 Å². The van der Waals surface area contributed by atoms with Crippen molar-refractivity contribution in [3.05, 3.63) is 63.2 Å². The normalized spacial score (nSPS) is 10.2. The number of ether oxygens (including phenoxy) is 2. The minimum Gasteiger partial charge on any atom is -0.496 e. The lowest BCUT2D eigenvalue weighted by Crippen LogP contribution is -2.22. The van der Waals surface area contributed by atoms with Gasteiger partial charge in [0, 0.05) is 6.07 Å². The molecule has 27 heavy (non-hydrogen) atoms. The number of carbonyl (C=O) groups excluding carboxylic acids is 2. The van der Waals surface area contributed by atoms with E-state index in [0.29, 0.717) is 22.6 Å². The minimum absolute atomic E-state index is 0.000242.